The minimum Gasteiger partial charge on any atom is -0.358 e. The van der Waals surface area contributed by atoms with Crippen molar-refractivity contribution >= 4 is 49.3 Å². The standard InChI is InChI=1S/C22H13BrFN3S/c23-16-8-9-20(19(24)10-16)26-12-15(11-25)22-27-21(13-28-22)18-7-3-5-14-4-1-2-6-17(14)18/h1-10,12-13,26H/b15-12+. The van der Waals surface area contributed by atoms with Gasteiger partial charge in [-0.1, -0.05) is 58.4 Å². The molecule has 6 heteroatoms. The van der Waals surface area contributed by atoms with Gasteiger partial charge in [0.1, 0.15) is 22.5 Å². The van der Waals surface area contributed by atoms with Gasteiger partial charge in [-0.3, -0.25) is 0 Å². The lowest BCUT2D eigenvalue weighted by molar-refractivity contribution is 0.631. The molecule has 0 aliphatic heterocycles. The highest BCUT2D eigenvalue weighted by molar-refractivity contribution is 9.10. The van der Waals surface area contributed by atoms with Crippen LogP contribution in [0.4, 0.5) is 10.1 Å². The maximum atomic E-state index is 14.0. The third-order valence-corrected chi connectivity index (χ3v) is 5.59. The number of hydrogen-bond acceptors (Lipinski definition) is 4. The predicted molar refractivity (Wildman–Crippen MR) is 116 cm³/mol. The van der Waals surface area contributed by atoms with Crippen LogP contribution in [0.5, 0.6) is 0 Å². The lowest BCUT2D eigenvalue weighted by atomic mass is 10.0. The highest BCUT2D eigenvalue weighted by atomic mass is 79.9. The lowest BCUT2D eigenvalue weighted by Gasteiger charge is -2.04. The van der Waals surface area contributed by atoms with E-state index in [1.54, 1.807) is 12.1 Å². The summed E-state index contributed by atoms with van der Waals surface area (Å²) in [6.07, 6.45) is 1.48. The van der Waals surface area contributed by atoms with Crippen molar-refractivity contribution in [1.29, 1.82) is 5.26 Å². The third kappa shape index (κ3) is 3.68. The van der Waals surface area contributed by atoms with E-state index in [-0.39, 0.29) is 0 Å². The second-order valence-corrected chi connectivity index (χ2v) is 7.78. The number of benzene rings is 3. The fourth-order valence-electron chi connectivity index (χ4n) is 2.87. The number of halogens is 2. The molecule has 1 heterocycles. The van der Waals surface area contributed by atoms with E-state index in [0.29, 0.717) is 20.7 Å². The maximum absolute atomic E-state index is 14.0. The molecule has 136 valence electrons. The number of anilines is 1. The first-order valence-electron chi connectivity index (χ1n) is 8.41. The summed E-state index contributed by atoms with van der Waals surface area (Å²) in [5.74, 6) is -0.404. The molecule has 0 fully saturated rings. The van der Waals surface area contributed by atoms with Gasteiger partial charge in [0.15, 0.2) is 0 Å². The molecule has 0 aliphatic rings. The van der Waals surface area contributed by atoms with Gasteiger partial charge in [0, 0.05) is 21.6 Å². The van der Waals surface area contributed by atoms with E-state index in [1.807, 2.05) is 29.6 Å². The summed E-state index contributed by atoms with van der Waals surface area (Å²) in [7, 11) is 0. The summed E-state index contributed by atoms with van der Waals surface area (Å²) in [4.78, 5) is 4.64. The van der Waals surface area contributed by atoms with Crippen molar-refractivity contribution in [3.63, 3.8) is 0 Å². The Hall–Kier alpha value is -3.01. The van der Waals surface area contributed by atoms with E-state index in [2.05, 4.69) is 50.5 Å². The lowest BCUT2D eigenvalue weighted by Crippen LogP contribution is -1.94. The minimum absolute atomic E-state index is 0.293. The van der Waals surface area contributed by atoms with Crippen LogP contribution in [0, 0.1) is 17.1 Å². The van der Waals surface area contributed by atoms with Gasteiger partial charge in [0.05, 0.1) is 11.4 Å². The van der Waals surface area contributed by atoms with E-state index >= 15 is 0 Å². The van der Waals surface area contributed by atoms with Gasteiger partial charge in [-0.25, -0.2) is 9.37 Å². The molecular formula is C22H13BrFN3S. The Balaban J connectivity index is 1.66. The highest BCUT2D eigenvalue weighted by Crippen LogP contribution is 2.31. The number of allylic oxidation sites excluding steroid dienone is 1. The van der Waals surface area contributed by atoms with Gasteiger partial charge >= 0.3 is 0 Å². The first kappa shape index (κ1) is 18.4. The van der Waals surface area contributed by atoms with Crippen molar-refractivity contribution in [2.45, 2.75) is 0 Å². The Kier molecular flexibility index (Phi) is 5.20. The van der Waals surface area contributed by atoms with Gasteiger partial charge in [0.2, 0.25) is 0 Å². The van der Waals surface area contributed by atoms with E-state index < -0.39 is 5.82 Å². The molecule has 4 aromatic rings. The van der Waals surface area contributed by atoms with Crippen molar-refractivity contribution in [3.8, 4) is 17.3 Å². The predicted octanol–water partition coefficient (Wildman–Crippen LogP) is 6.84. The Labute approximate surface area is 173 Å². The number of rotatable bonds is 4. The summed E-state index contributed by atoms with van der Waals surface area (Å²) < 4.78 is 14.6. The average Bonchev–Trinajstić information content (AvgIpc) is 3.19. The van der Waals surface area contributed by atoms with E-state index in [0.717, 1.165) is 22.0 Å². The number of nitrogens with zero attached hydrogens (tertiary/aromatic N) is 2. The van der Waals surface area contributed by atoms with Crippen molar-refractivity contribution in [2.24, 2.45) is 0 Å². The summed E-state index contributed by atoms with van der Waals surface area (Å²) in [6, 6.07) is 21.0. The number of thiazole rings is 1. The van der Waals surface area contributed by atoms with Gasteiger partial charge in [-0.05, 0) is 29.0 Å². The molecule has 28 heavy (non-hydrogen) atoms. The summed E-state index contributed by atoms with van der Waals surface area (Å²) >= 11 is 4.61. The molecule has 0 unspecified atom stereocenters. The van der Waals surface area contributed by atoms with E-state index in [9.17, 15) is 9.65 Å². The molecule has 0 saturated heterocycles. The SMILES string of the molecule is N#C/C(=C\Nc1ccc(Br)cc1F)c1nc(-c2cccc3ccccc23)cs1. The third-order valence-electron chi connectivity index (χ3n) is 4.22. The Bertz CT molecular complexity index is 1230. The summed E-state index contributed by atoms with van der Waals surface area (Å²) in [6.45, 7) is 0. The number of fused-ring (bicyclic) bond motifs is 1. The van der Waals surface area contributed by atoms with Crippen LogP contribution in [0.25, 0.3) is 27.6 Å². The van der Waals surface area contributed by atoms with Crippen LogP contribution in [0.15, 0.2) is 76.7 Å². The maximum Gasteiger partial charge on any atom is 0.147 e. The Morgan fingerprint density at radius 2 is 1.96 bits per heavy atom. The average molecular weight is 450 g/mol. The second kappa shape index (κ2) is 7.93. The number of nitriles is 1. The van der Waals surface area contributed by atoms with E-state index in [4.69, 9.17) is 0 Å². The molecular weight excluding hydrogens is 437 g/mol. The smallest absolute Gasteiger partial charge is 0.147 e. The molecule has 0 spiro atoms. The number of aromatic nitrogens is 1. The van der Waals surface area contributed by atoms with Crippen LogP contribution in [0.1, 0.15) is 5.01 Å². The molecule has 3 nitrogen and oxygen atoms in total. The zero-order chi connectivity index (χ0) is 19.5. The number of nitrogens with one attached hydrogen (secondary N) is 1. The molecule has 0 saturated carbocycles. The summed E-state index contributed by atoms with van der Waals surface area (Å²) in [5, 5.41) is 17.1. The van der Waals surface area contributed by atoms with Crippen molar-refractivity contribution in [2.75, 3.05) is 5.32 Å². The van der Waals surface area contributed by atoms with Gasteiger partial charge in [-0.15, -0.1) is 11.3 Å². The van der Waals surface area contributed by atoms with Gasteiger partial charge in [0.25, 0.3) is 0 Å². The van der Waals surface area contributed by atoms with Crippen molar-refractivity contribution < 1.29 is 4.39 Å². The Morgan fingerprint density at radius 3 is 2.79 bits per heavy atom. The zero-order valence-corrected chi connectivity index (χ0v) is 16.9. The molecule has 0 aliphatic carbocycles. The molecule has 0 radical (unpaired) electrons. The van der Waals surface area contributed by atoms with Gasteiger partial charge < -0.3 is 5.32 Å². The van der Waals surface area contributed by atoms with Crippen LogP contribution in [-0.2, 0) is 0 Å². The van der Waals surface area contributed by atoms with Crippen LogP contribution in [0.3, 0.4) is 0 Å². The quantitative estimate of drug-likeness (QED) is 0.346. The fourth-order valence-corrected chi connectivity index (χ4v) is 3.99. The van der Waals surface area contributed by atoms with Crippen LogP contribution in [0.2, 0.25) is 0 Å². The molecule has 1 N–H and O–H groups in total. The molecule has 0 bridgehead atoms. The molecule has 0 amide bonds. The van der Waals surface area contributed by atoms with Gasteiger partial charge in [-0.2, -0.15) is 5.26 Å². The second-order valence-electron chi connectivity index (χ2n) is 6.00. The molecule has 0 atom stereocenters. The zero-order valence-electron chi connectivity index (χ0n) is 14.5. The first-order valence-corrected chi connectivity index (χ1v) is 10.1. The highest BCUT2D eigenvalue weighted by Gasteiger charge is 2.11. The monoisotopic (exact) mass is 449 g/mol. The Morgan fingerprint density at radius 1 is 1.14 bits per heavy atom. The van der Waals surface area contributed by atoms with Crippen LogP contribution < -0.4 is 5.32 Å². The number of hydrogen-bond donors (Lipinski definition) is 1. The fraction of sp³-hybridized carbons (Fsp3) is 0. The largest absolute Gasteiger partial charge is 0.358 e. The van der Waals surface area contributed by atoms with Crippen LogP contribution >= 0.6 is 27.3 Å². The minimum atomic E-state index is -0.404. The van der Waals surface area contributed by atoms with E-state index in [1.165, 1.54) is 23.6 Å². The molecule has 4 rings (SSSR count). The van der Waals surface area contributed by atoms with Crippen LogP contribution in [-0.4, -0.2) is 4.98 Å². The normalized spacial score (nSPS) is 11.4. The molecule has 3 aromatic carbocycles. The summed E-state index contributed by atoms with van der Waals surface area (Å²) in [5.41, 5.74) is 2.47. The first-order chi connectivity index (χ1) is 13.7. The molecule has 1 aromatic heterocycles. The van der Waals surface area contributed by atoms with Crippen molar-refractivity contribution in [3.05, 3.63) is 87.5 Å². The van der Waals surface area contributed by atoms with Crippen molar-refractivity contribution in [1.82, 2.24) is 4.98 Å². The topological polar surface area (TPSA) is 48.7 Å².